The van der Waals surface area contributed by atoms with Gasteiger partial charge >= 0.3 is 5.97 Å². The van der Waals surface area contributed by atoms with Gasteiger partial charge in [-0.15, -0.1) is 0 Å². The molecule has 7 nitrogen and oxygen atoms in total. The van der Waals surface area contributed by atoms with Crippen LogP contribution in [0.3, 0.4) is 0 Å². The van der Waals surface area contributed by atoms with E-state index in [2.05, 4.69) is 0 Å². The fourth-order valence-corrected chi connectivity index (χ4v) is 4.88. The number of carbonyl (C=O) groups is 2. The zero-order chi connectivity index (χ0) is 13.4. The van der Waals surface area contributed by atoms with Crippen LogP contribution in [0.25, 0.3) is 0 Å². The molecule has 0 rings (SSSR count). The van der Waals surface area contributed by atoms with Gasteiger partial charge in [-0.2, -0.15) is 0 Å². The quantitative estimate of drug-likeness (QED) is 0.253. The Morgan fingerprint density at radius 3 is 2.35 bits per heavy atom. The van der Waals surface area contributed by atoms with Gasteiger partial charge in [-0.05, 0) is 0 Å². The monoisotopic (exact) mass is 283 g/mol. The van der Waals surface area contributed by atoms with Crippen LogP contribution in [0.1, 0.15) is 0 Å². The number of hydrogen-bond acceptors (Lipinski definition) is 7. The second-order valence-electron chi connectivity index (χ2n) is 3.25. The first kappa shape index (κ1) is 16.5. The Labute approximate surface area is 106 Å². The summed E-state index contributed by atoms with van der Waals surface area (Å²) in [4.78, 5) is 21.0. The van der Waals surface area contributed by atoms with E-state index in [0.29, 0.717) is 12.3 Å². The molecule has 0 heterocycles. The van der Waals surface area contributed by atoms with E-state index in [9.17, 15) is 14.7 Å². The van der Waals surface area contributed by atoms with Crippen LogP contribution in [-0.2, 0) is 19.5 Å². The minimum atomic E-state index is -1.32. The van der Waals surface area contributed by atoms with E-state index >= 15 is 0 Å². The lowest BCUT2D eigenvalue weighted by atomic mass is 10.4. The van der Waals surface area contributed by atoms with Gasteiger partial charge in [0, 0.05) is 6.54 Å². The lowest BCUT2D eigenvalue weighted by Crippen LogP contribution is -2.46. The SMILES string of the molecule is NCC[S+](C[C@H](N)C(=O)[O-])SC[C@H](N)C(=O)O. The van der Waals surface area contributed by atoms with Crippen LogP contribution in [-0.4, -0.2) is 52.9 Å². The topological polar surface area (TPSA) is 155 Å². The van der Waals surface area contributed by atoms with E-state index < -0.39 is 33.9 Å². The van der Waals surface area contributed by atoms with Gasteiger partial charge in [-0.1, -0.05) is 0 Å². The molecule has 0 aliphatic rings. The van der Waals surface area contributed by atoms with Crippen LogP contribution in [0.5, 0.6) is 0 Å². The summed E-state index contributed by atoms with van der Waals surface area (Å²) in [6, 6.07) is -2.02. The average Bonchev–Trinajstić information content (AvgIpc) is 2.25. The van der Waals surface area contributed by atoms with Crippen molar-refractivity contribution >= 4 is 32.7 Å². The highest BCUT2D eigenvalue weighted by Gasteiger charge is 2.26. The molecule has 7 N–H and O–H groups in total. The maximum atomic E-state index is 10.5. The Balaban J connectivity index is 4.14. The molecule has 1 unspecified atom stereocenters. The highest BCUT2D eigenvalue weighted by Crippen LogP contribution is 2.18. The summed E-state index contributed by atoms with van der Waals surface area (Å²) in [6.07, 6.45) is 0. The van der Waals surface area contributed by atoms with E-state index in [1.54, 1.807) is 0 Å². The van der Waals surface area contributed by atoms with Crippen molar-refractivity contribution in [3.8, 4) is 0 Å². The summed E-state index contributed by atoms with van der Waals surface area (Å²) in [6.45, 7) is 0.387. The Kier molecular flexibility index (Phi) is 8.35. The fraction of sp³-hybridized carbons (Fsp3) is 0.750. The first-order valence-electron chi connectivity index (χ1n) is 4.84. The maximum absolute atomic E-state index is 10.5. The lowest BCUT2D eigenvalue weighted by Gasteiger charge is -2.13. The smallest absolute Gasteiger partial charge is 0.321 e. The summed E-state index contributed by atoms with van der Waals surface area (Å²) in [5, 5.41) is 19.1. The summed E-state index contributed by atoms with van der Waals surface area (Å²) in [7, 11) is 0.889. The van der Waals surface area contributed by atoms with Crippen molar-refractivity contribution in [1.29, 1.82) is 0 Å². The molecule has 0 radical (unpaired) electrons. The molecular formula is C8H17N3O4S2. The number of aliphatic carboxylic acids is 2. The van der Waals surface area contributed by atoms with Crippen LogP contribution in [0.4, 0.5) is 0 Å². The molecule has 0 aromatic carbocycles. The van der Waals surface area contributed by atoms with E-state index in [1.807, 2.05) is 0 Å². The largest absolute Gasteiger partial charge is 0.548 e. The molecule has 0 saturated carbocycles. The molecule has 3 atom stereocenters. The number of carboxylic acids is 2. The van der Waals surface area contributed by atoms with Crippen LogP contribution in [0.2, 0.25) is 0 Å². The zero-order valence-corrected chi connectivity index (χ0v) is 10.8. The molecule has 0 aliphatic heterocycles. The highest BCUT2D eigenvalue weighted by atomic mass is 33.1. The third-order valence-electron chi connectivity index (χ3n) is 1.75. The standard InChI is InChI=1S/C8H17N3O4S2/c9-1-2-17(4-6(11)8(14)15)16-3-5(10)7(12)13/h5-6H,1-4,9-11H2,(H-,12,13,14,15)/t5-,6-,17?/m0/s1. The van der Waals surface area contributed by atoms with E-state index in [-0.39, 0.29) is 11.5 Å². The van der Waals surface area contributed by atoms with Gasteiger partial charge in [-0.25, -0.2) is 0 Å². The molecule has 0 saturated heterocycles. The number of carbonyl (C=O) groups excluding carboxylic acids is 1. The molecule has 0 bridgehead atoms. The van der Waals surface area contributed by atoms with Gasteiger partial charge in [0.1, 0.15) is 17.5 Å². The zero-order valence-electron chi connectivity index (χ0n) is 9.20. The Morgan fingerprint density at radius 1 is 1.35 bits per heavy atom. The van der Waals surface area contributed by atoms with Crippen LogP contribution < -0.4 is 22.3 Å². The minimum absolute atomic E-state index is 0.207. The summed E-state index contributed by atoms with van der Waals surface area (Å²) in [5.74, 6) is -1.40. The first-order valence-corrected chi connectivity index (χ1v) is 7.90. The third-order valence-corrected chi connectivity index (χ3v) is 6.31. The molecule has 0 aliphatic carbocycles. The van der Waals surface area contributed by atoms with Crippen molar-refractivity contribution in [3.05, 3.63) is 0 Å². The molecule has 100 valence electrons. The number of carboxylic acid groups (broad SMARTS) is 2. The van der Waals surface area contributed by atoms with E-state index in [1.165, 1.54) is 10.8 Å². The van der Waals surface area contributed by atoms with Crippen molar-refractivity contribution in [2.24, 2.45) is 17.2 Å². The molecule has 0 fully saturated rings. The maximum Gasteiger partial charge on any atom is 0.321 e. The van der Waals surface area contributed by atoms with E-state index in [4.69, 9.17) is 22.3 Å². The van der Waals surface area contributed by atoms with Crippen molar-refractivity contribution in [2.75, 3.05) is 23.8 Å². The number of nitrogens with two attached hydrogens (primary N) is 3. The first-order chi connectivity index (χ1) is 7.88. The molecule has 0 spiro atoms. The Bertz CT molecular complexity index is 267. The average molecular weight is 283 g/mol. The molecule has 0 amide bonds. The predicted molar refractivity (Wildman–Crippen MR) is 67.2 cm³/mol. The van der Waals surface area contributed by atoms with Crippen molar-refractivity contribution in [3.63, 3.8) is 0 Å². The van der Waals surface area contributed by atoms with Gasteiger partial charge in [0.05, 0.1) is 38.5 Å². The Hall–Kier alpha value is -0.480. The molecule has 0 aromatic heterocycles. The normalized spacial score (nSPS) is 16.2. The second kappa shape index (κ2) is 8.59. The van der Waals surface area contributed by atoms with Gasteiger partial charge in [-0.3, -0.25) is 4.79 Å². The second-order valence-corrected chi connectivity index (χ2v) is 7.57. The number of hydrogen-bond donors (Lipinski definition) is 4. The Morgan fingerprint density at radius 2 is 1.94 bits per heavy atom. The molecule has 9 heteroatoms. The van der Waals surface area contributed by atoms with E-state index in [0.717, 1.165) is 0 Å². The lowest BCUT2D eigenvalue weighted by molar-refractivity contribution is -0.306. The van der Waals surface area contributed by atoms with Gasteiger partial charge in [0.25, 0.3) is 0 Å². The molecule has 0 aromatic rings. The third kappa shape index (κ3) is 7.45. The highest BCUT2D eigenvalue weighted by molar-refractivity contribution is 8.74. The van der Waals surface area contributed by atoms with Crippen molar-refractivity contribution in [2.45, 2.75) is 12.1 Å². The van der Waals surface area contributed by atoms with Gasteiger partial charge in [0.2, 0.25) is 0 Å². The van der Waals surface area contributed by atoms with Gasteiger partial charge < -0.3 is 32.2 Å². The summed E-state index contributed by atoms with van der Waals surface area (Å²) in [5.41, 5.74) is 16.1. The minimum Gasteiger partial charge on any atom is -0.548 e. The van der Waals surface area contributed by atoms with Crippen molar-refractivity contribution < 1.29 is 19.8 Å². The summed E-state index contributed by atoms with van der Waals surface area (Å²) >= 11 is 0. The molecular weight excluding hydrogens is 266 g/mol. The molecule has 17 heavy (non-hydrogen) atoms. The van der Waals surface area contributed by atoms with Crippen LogP contribution >= 0.6 is 10.8 Å². The fourth-order valence-electron chi connectivity index (χ4n) is 0.831. The van der Waals surface area contributed by atoms with Gasteiger partial charge in [0.15, 0.2) is 0 Å². The number of rotatable bonds is 9. The van der Waals surface area contributed by atoms with Crippen LogP contribution in [0.15, 0.2) is 0 Å². The van der Waals surface area contributed by atoms with Crippen molar-refractivity contribution in [1.82, 2.24) is 0 Å². The summed E-state index contributed by atoms with van der Waals surface area (Å²) < 4.78 is 0. The van der Waals surface area contributed by atoms with Crippen LogP contribution in [0, 0.1) is 0 Å². The predicted octanol–water partition coefficient (Wildman–Crippen LogP) is -3.30.